The normalized spacial score (nSPS) is 17.1. The van der Waals surface area contributed by atoms with E-state index < -0.39 is 0 Å². The lowest BCUT2D eigenvalue weighted by molar-refractivity contribution is -0.126. The summed E-state index contributed by atoms with van der Waals surface area (Å²) in [5.41, 5.74) is 1.77. The maximum atomic E-state index is 12.0. The molecule has 0 saturated carbocycles. The summed E-state index contributed by atoms with van der Waals surface area (Å²) >= 11 is 1.60. The Labute approximate surface area is 156 Å². The molecule has 1 unspecified atom stereocenters. The number of carbonyl (C=O) groups is 2. The molecular weight excluding hydrogens is 350 g/mol. The van der Waals surface area contributed by atoms with Crippen LogP contribution in [0.15, 0.2) is 35.7 Å². The molecule has 1 aliphatic rings. The zero-order valence-corrected chi connectivity index (χ0v) is 15.6. The van der Waals surface area contributed by atoms with E-state index in [-0.39, 0.29) is 17.9 Å². The van der Waals surface area contributed by atoms with Crippen molar-refractivity contribution in [2.24, 2.45) is 0 Å². The highest BCUT2D eigenvalue weighted by Crippen LogP contribution is 2.17. The minimum atomic E-state index is -0.206. The van der Waals surface area contributed by atoms with Crippen LogP contribution in [0.3, 0.4) is 0 Å². The van der Waals surface area contributed by atoms with Crippen molar-refractivity contribution in [3.05, 3.63) is 52.0 Å². The summed E-state index contributed by atoms with van der Waals surface area (Å²) in [6.45, 7) is 2.93. The van der Waals surface area contributed by atoms with Crippen LogP contribution in [0.2, 0.25) is 0 Å². The van der Waals surface area contributed by atoms with Crippen molar-refractivity contribution in [3.8, 4) is 5.75 Å². The number of ether oxygens (including phenoxy) is 1. The van der Waals surface area contributed by atoms with Gasteiger partial charge in [-0.1, -0.05) is 12.1 Å². The molecule has 3 rings (SSSR count). The Morgan fingerprint density at radius 3 is 3.04 bits per heavy atom. The van der Waals surface area contributed by atoms with Gasteiger partial charge in [-0.05, 0) is 30.7 Å². The van der Waals surface area contributed by atoms with Crippen LogP contribution in [-0.4, -0.2) is 41.3 Å². The highest BCUT2D eigenvalue weighted by Gasteiger charge is 2.27. The number of hydrogen-bond donors (Lipinski definition) is 1. The van der Waals surface area contributed by atoms with Crippen LogP contribution >= 0.6 is 11.3 Å². The zero-order valence-electron chi connectivity index (χ0n) is 14.8. The molecule has 1 aliphatic heterocycles. The van der Waals surface area contributed by atoms with Crippen molar-refractivity contribution in [2.45, 2.75) is 26.0 Å². The van der Waals surface area contributed by atoms with Gasteiger partial charge in [0.2, 0.25) is 11.8 Å². The second kappa shape index (κ2) is 8.14. The maximum Gasteiger partial charge on any atom is 0.244 e. The molecule has 1 aromatic heterocycles. The van der Waals surface area contributed by atoms with E-state index in [1.54, 1.807) is 29.4 Å². The second-order valence-corrected chi connectivity index (χ2v) is 7.30. The number of amides is 2. The largest absolute Gasteiger partial charge is 0.487 e. The number of aromatic nitrogens is 1. The van der Waals surface area contributed by atoms with E-state index in [9.17, 15) is 9.59 Å². The van der Waals surface area contributed by atoms with Gasteiger partial charge in [-0.2, -0.15) is 0 Å². The average molecular weight is 371 g/mol. The van der Waals surface area contributed by atoms with Crippen LogP contribution in [0.1, 0.15) is 22.7 Å². The topological polar surface area (TPSA) is 71.5 Å². The van der Waals surface area contributed by atoms with E-state index in [0.29, 0.717) is 19.6 Å². The number of likely N-dealkylation sites (N-methyl/N-ethyl adjacent to an activating group) is 1. The molecule has 1 fully saturated rings. The van der Waals surface area contributed by atoms with E-state index in [0.717, 1.165) is 22.0 Å². The van der Waals surface area contributed by atoms with Crippen molar-refractivity contribution >= 4 is 29.2 Å². The Kier molecular flexibility index (Phi) is 5.68. The number of nitrogens with zero attached hydrogens (tertiary/aromatic N) is 2. The molecule has 0 bridgehead atoms. The number of nitrogens with one attached hydrogen (secondary N) is 1. The van der Waals surface area contributed by atoms with E-state index in [2.05, 4.69) is 10.3 Å². The molecule has 2 amide bonds. The van der Waals surface area contributed by atoms with Crippen LogP contribution in [0.25, 0.3) is 6.08 Å². The van der Waals surface area contributed by atoms with E-state index in [4.69, 9.17) is 4.74 Å². The Morgan fingerprint density at radius 1 is 1.50 bits per heavy atom. The summed E-state index contributed by atoms with van der Waals surface area (Å²) in [5.74, 6) is 0.572. The number of thiazole rings is 1. The summed E-state index contributed by atoms with van der Waals surface area (Å²) in [6.07, 6.45) is 3.57. The van der Waals surface area contributed by atoms with Gasteiger partial charge in [0.15, 0.2) is 0 Å². The molecule has 1 aromatic carbocycles. The maximum absolute atomic E-state index is 12.0. The van der Waals surface area contributed by atoms with Crippen LogP contribution < -0.4 is 10.1 Å². The average Bonchev–Trinajstić information content (AvgIpc) is 3.17. The number of aryl methyl sites for hydroxylation is 1. The Morgan fingerprint density at radius 2 is 2.35 bits per heavy atom. The number of hydrogen-bond acceptors (Lipinski definition) is 5. The Balaban J connectivity index is 1.53. The third-order valence-electron chi connectivity index (χ3n) is 4.03. The Bertz CT molecular complexity index is 831. The molecule has 0 spiro atoms. The molecule has 7 heteroatoms. The molecule has 6 nitrogen and oxygen atoms in total. The number of benzene rings is 1. The molecule has 2 heterocycles. The first-order valence-electron chi connectivity index (χ1n) is 8.36. The molecule has 1 N–H and O–H groups in total. The third kappa shape index (κ3) is 4.92. The first-order chi connectivity index (χ1) is 12.5. The van der Waals surface area contributed by atoms with Gasteiger partial charge in [0.25, 0.3) is 0 Å². The fraction of sp³-hybridized carbons (Fsp3) is 0.316. The van der Waals surface area contributed by atoms with Crippen molar-refractivity contribution in [3.63, 3.8) is 0 Å². The Hall–Kier alpha value is -2.67. The van der Waals surface area contributed by atoms with Crippen molar-refractivity contribution in [1.29, 1.82) is 0 Å². The van der Waals surface area contributed by atoms with Gasteiger partial charge < -0.3 is 15.0 Å². The van der Waals surface area contributed by atoms with Crippen molar-refractivity contribution in [1.82, 2.24) is 15.2 Å². The minimum Gasteiger partial charge on any atom is -0.487 e. The molecule has 0 aliphatic carbocycles. The van der Waals surface area contributed by atoms with Crippen molar-refractivity contribution < 1.29 is 14.3 Å². The van der Waals surface area contributed by atoms with Gasteiger partial charge >= 0.3 is 0 Å². The molecule has 1 atom stereocenters. The minimum absolute atomic E-state index is 0.0550. The predicted molar refractivity (Wildman–Crippen MR) is 101 cm³/mol. The SMILES string of the molecule is Cc1nc(COc2cccc(/C=C/C(=O)NC3CC(=O)N(C)C3)c2)cs1. The smallest absolute Gasteiger partial charge is 0.244 e. The zero-order chi connectivity index (χ0) is 18.5. The fourth-order valence-electron chi connectivity index (χ4n) is 2.72. The number of likely N-dealkylation sites (tertiary alicyclic amines) is 1. The first-order valence-corrected chi connectivity index (χ1v) is 9.24. The van der Waals surface area contributed by atoms with Crippen LogP contribution in [0, 0.1) is 6.92 Å². The van der Waals surface area contributed by atoms with E-state index in [1.807, 2.05) is 36.6 Å². The van der Waals surface area contributed by atoms with Gasteiger partial charge in [-0.3, -0.25) is 9.59 Å². The second-order valence-electron chi connectivity index (χ2n) is 6.24. The summed E-state index contributed by atoms with van der Waals surface area (Å²) in [7, 11) is 1.74. The van der Waals surface area contributed by atoms with Crippen LogP contribution in [0.5, 0.6) is 5.75 Å². The lowest BCUT2D eigenvalue weighted by Crippen LogP contribution is -2.35. The van der Waals surface area contributed by atoms with E-state index >= 15 is 0 Å². The number of carbonyl (C=O) groups excluding carboxylic acids is 2. The summed E-state index contributed by atoms with van der Waals surface area (Å²) in [4.78, 5) is 29.5. The first kappa shape index (κ1) is 18.1. The van der Waals surface area contributed by atoms with E-state index in [1.165, 1.54) is 6.08 Å². The van der Waals surface area contributed by atoms with Gasteiger partial charge in [-0.25, -0.2) is 4.98 Å². The monoisotopic (exact) mass is 371 g/mol. The van der Waals surface area contributed by atoms with Crippen LogP contribution in [0.4, 0.5) is 0 Å². The van der Waals surface area contributed by atoms with Gasteiger partial charge in [0.05, 0.1) is 16.7 Å². The molecule has 1 saturated heterocycles. The molecule has 136 valence electrons. The molecule has 2 aromatic rings. The van der Waals surface area contributed by atoms with Gasteiger partial charge in [0, 0.05) is 31.5 Å². The summed E-state index contributed by atoms with van der Waals surface area (Å²) < 4.78 is 5.75. The molecule has 26 heavy (non-hydrogen) atoms. The lowest BCUT2D eigenvalue weighted by Gasteiger charge is -2.10. The van der Waals surface area contributed by atoms with Gasteiger partial charge in [-0.15, -0.1) is 11.3 Å². The quantitative estimate of drug-likeness (QED) is 0.792. The highest BCUT2D eigenvalue weighted by molar-refractivity contribution is 7.09. The van der Waals surface area contributed by atoms with Gasteiger partial charge in [0.1, 0.15) is 12.4 Å². The lowest BCUT2D eigenvalue weighted by atomic mass is 10.2. The summed E-state index contributed by atoms with van der Waals surface area (Å²) in [6, 6.07) is 7.40. The summed E-state index contributed by atoms with van der Waals surface area (Å²) in [5, 5.41) is 5.84. The standard InChI is InChI=1S/C19H21N3O3S/c1-13-20-16(12-26-13)11-25-17-5-3-4-14(8-17)6-7-18(23)21-15-9-19(24)22(2)10-15/h3-8,12,15H,9-11H2,1-2H3,(H,21,23)/b7-6+. The molecular formula is C19H21N3O3S. The van der Waals surface area contributed by atoms with Crippen molar-refractivity contribution in [2.75, 3.05) is 13.6 Å². The third-order valence-corrected chi connectivity index (χ3v) is 4.85. The number of rotatable bonds is 6. The van der Waals surface area contributed by atoms with Crippen LogP contribution in [-0.2, 0) is 16.2 Å². The molecule has 0 radical (unpaired) electrons. The predicted octanol–water partition coefficient (Wildman–Crippen LogP) is 2.39. The highest BCUT2D eigenvalue weighted by atomic mass is 32.1. The fourth-order valence-corrected chi connectivity index (χ4v) is 3.32.